The lowest BCUT2D eigenvalue weighted by Gasteiger charge is -2.46. The van der Waals surface area contributed by atoms with Crippen LogP contribution in [0.5, 0.6) is 0 Å². The average Bonchev–Trinajstić information content (AvgIpc) is 3.13. The normalized spacial score (nSPS) is 27.1. The van der Waals surface area contributed by atoms with Gasteiger partial charge in [-0.05, 0) is 61.3 Å². The second-order valence-corrected chi connectivity index (χ2v) is 8.33. The number of hydrogen-bond acceptors (Lipinski definition) is 2. The summed E-state index contributed by atoms with van der Waals surface area (Å²) in [5.74, 6) is 0.775. The van der Waals surface area contributed by atoms with Crippen LogP contribution >= 0.6 is 0 Å². The van der Waals surface area contributed by atoms with Crippen LogP contribution in [0.2, 0.25) is 0 Å². The Labute approximate surface area is 152 Å². The fourth-order valence-electron chi connectivity index (χ4n) is 4.84. The molecule has 2 unspecified atom stereocenters. The van der Waals surface area contributed by atoms with Gasteiger partial charge in [-0.15, -0.1) is 0 Å². The molecule has 2 saturated carbocycles. The topological polar surface area (TPSA) is 44.4 Å². The highest BCUT2D eigenvalue weighted by molar-refractivity contribution is 5.89. The van der Waals surface area contributed by atoms with Gasteiger partial charge in [-0.1, -0.05) is 32.6 Å². The second-order valence-electron chi connectivity index (χ2n) is 8.33. The van der Waals surface area contributed by atoms with Crippen LogP contribution in [-0.4, -0.2) is 26.2 Å². The van der Waals surface area contributed by atoms with Crippen molar-refractivity contribution >= 4 is 17.4 Å². The van der Waals surface area contributed by atoms with Crippen LogP contribution in [-0.2, 0) is 0 Å². The lowest BCUT2D eigenvalue weighted by atomic mass is 9.63. The van der Waals surface area contributed by atoms with Crippen LogP contribution < -0.4 is 15.5 Å². The van der Waals surface area contributed by atoms with Gasteiger partial charge in [0, 0.05) is 31.5 Å². The number of carbonyl (C=O) groups is 1. The molecule has 25 heavy (non-hydrogen) atoms. The summed E-state index contributed by atoms with van der Waals surface area (Å²) in [5.41, 5.74) is 2.24. The van der Waals surface area contributed by atoms with E-state index in [4.69, 9.17) is 0 Å². The number of nitrogens with one attached hydrogen (secondary N) is 2. The minimum Gasteiger partial charge on any atom is -0.378 e. The van der Waals surface area contributed by atoms with E-state index in [0.717, 1.165) is 23.7 Å². The Morgan fingerprint density at radius 3 is 2.32 bits per heavy atom. The largest absolute Gasteiger partial charge is 0.378 e. The highest BCUT2D eigenvalue weighted by Crippen LogP contribution is 2.48. The van der Waals surface area contributed by atoms with Crippen molar-refractivity contribution in [3.8, 4) is 0 Å². The molecule has 3 rings (SSSR count). The Morgan fingerprint density at radius 2 is 1.68 bits per heavy atom. The molecule has 0 aromatic heterocycles. The van der Waals surface area contributed by atoms with Gasteiger partial charge in [0.2, 0.25) is 0 Å². The van der Waals surface area contributed by atoms with E-state index < -0.39 is 0 Å². The van der Waals surface area contributed by atoms with Crippen molar-refractivity contribution in [3.05, 3.63) is 24.3 Å². The number of rotatable bonds is 4. The van der Waals surface area contributed by atoms with Gasteiger partial charge in [0.15, 0.2) is 0 Å². The zero-order chi connectivity index (χ0) is 17.9. The molecule has 0 saturated heterocycles. The molecule has 1 aromatic carbocycles. The second kappa shape index (κ2) is 7.67. The molecule has 1 aromatic rings. The lowest BCUT2D eigenvalue weighted by molar-refractivity contribution is 0.0786. The minimum absolute atomic E-state index is 0.0614. The first kappa shape index (κ1) is 18.1. The summed E-state index contributed by atoms with van der Waals surface area (Å²) in [5, 5.41) is 6.33. The fourth-order valence-corrected chi connectivity index (χ4v) is 4.84. The summed E-state index contributed by atoms with van der Waals surface area (Å²) in [6, 6.07) is 8.22. The molecule has 0 radical (unpaired) electrons. The molecule has 2 aliphatic carbocycles. The van der Waals surface area contributed by atoms with Gasteiger partial charge in [-0.25, -0.2) is 4.79 Å². The van der Waals surface area contributed by atoms with Gasteiger partial charge in [0.1, 0.15) is 0 Å². The third kappa shape index (κ3) is 4.10. The molecule has 2 amide bonds. The molecule has 2 fully saturated rings. The van der Waals surface area contributed by atoms with Gasteiger partial charge >= 0.3 is 6.03 Å². The molecular weight excluding hydrogens is 310 g/mol. The van der Waals surface area contributed by atoms with Crippen molar-refractivity contribution in [2.24, 2.45) is 11.3 Å². The van der Waals surface area contributed by atoms with Crippen LogP contribution in [0.15, 0.2) is 24.3 Å². The zero-order valence-corrected chi connectivity index (χ0v) is 16.0. The zero-order valence-electron chi connectivity index (χ0n) is 16.0. The third-order valence-corrected chi connectivity index (χ3v) is 6.49. The van der Waals surface area contributed by atoms with Crippen LogP contribution in [0.1, 0.15) is 58.3 Å². The van der Waals surface area contributed by atoms with Crippen molar-refractivity contribution in [2.45, 2.75) is 64.3 Å². The summed E-state index contributed by atoms with van der Waals surface area (Å²) in [6.45, 7) is 2.42. The number of nitrogens with zero attached hydrogens (tertiary/aromatic N) is 1. The Morgan fingerprint density at radius 1 is 1.04 bits per heavy atom. The molecular formula is C21H33N3O. The van der Waals surface area contributed by atoms with E-state index in [-0.39, 0.29) is 11.4 Å². The maximum Gasteiger partial charge on any atom is 0.319 e. The molecule has 4 heteroatoms. The number of anilines is 2. The first-order chi connectivity index (χ1) is 12.0. The molecule has 0 bridgehead atoms. The van der Waals surface area contributed by atoms with Crippen molar-refractivity contribution in [3.63, 3.8) is 0 Å². The Bertz CT molecular complexity index is 577. The predicted octanol–water partition coefficient (Wildman–Crippen LogP) is 5.01. The first-order valence-electron chi connectivity index (χ1n) is 9.84. The Balaban J connectivity index is 1.62. The van der Waals surface area contributed by atoms with Crippen molar-refractivity contribution in [2.75, 3.05) is 24.3 Å². The smallest absolute Gasteiger partial charge is 0.319 e. The molecule has 2 aliphatic rings. The van der Waals surface area contributed by atoms with Gasteiger partial charge in [0.25, 0.3) is 0 Å². The van der Waals surface area contributed by atoms with Gasteiger partial charge < -0.3 is 15.5 Å². The highest BCUT2D eigenvalue weighted by atomic mass is 16.2. The molecule has 2 atom stereocenters. The predicted molar refractivity (Wildman–Crippen MR) is 105 cm³/mol. The summed E-state index contributed by atoms with van der Waals surface area (Å²) in [7, 11) is 4.03. The van der Waals surface area contributed by atoms with Crippen LogP contribution in [0.4, 0.5) is 16.2 Å². The highest BCUT2D eigenvalue weighted by Gasteiger charge is 2.44. The summed E-state index contributed by atoms with van der Waals surface area (Å²) in [4.78, 5) is 14.6. The SMILES string of the molecule is CN(C)c1ccc(NC(=O)NC2CCCCC2(C)C2CCCC2)cc1. The number of benzene rings is 1. The van der Waals surface area contributed by atoms with Crippen molar-refractivity contribution < 1.29 is 4.79 Å². The molecule has 138 valence electrons. The van der Waals surface area contributed by atoms with E-state index in [9.17, 15) is 4.79 Å². The van der Waals surface area contributed by atoms with E-state index in [0.29, 0.717) is 6.04 Å². The fraction of sp³-hybridized carbons (Fsp3) is 0.667. The number of hydrogen-bond donors (Lipinski definition) is 2. The molecule has 0 heterocycles. The maximum absolute atomic E-state index is 12.6. The third-order valence-electron chi connectivity index (χ3n) is 6.49. The Kier molecular flexibility index (Phi) is 5.55. The van der Waals surface area contributed by atoms with Crippen molar-refractivity contribution in [1.82, 2.24) is 5.32 Å². The van der Waals surface area contributed by atoms with Crippen LogP contribution in [0.25, 0.3) is 0 Å². The maximum atomic E-state index is 12.6. The summed E-state index contributed by atoms with van der Waals surface area (Å²) >= 11 is 0. The van der Waals surface area contributed by atoms with Crippen LogP contribution in [0.3, 0.4) is 0 Å². The molecule has 0 aliphatic heterocycles. The Hall–Kier alpha value is -1.71. The summed E-state index contributed by atoms with van der Waals surface area (Å²) < 4.78 is 0. The number of carbonyl (C=O) groups excluding carboxylic acids is 1. The molecule has 0 spiro atoms. The average molecular weight is 344 g/mol. The molecule has 2 N–H and O–H groups in total. The van der Waals surface area contributed by atoms with Gasteiger partial charge in [-0.2, -0.15) is 0 Å². The lowest BCUT2D eigenvalue weighted by Crippen LogP contribution is -2.52. The number of urea groups is 1. The summed E-state index contributed by atoms with van der Waals surface area (Å²) in [6.07, 6.45) is 10.3. The van der Waals surface area contributed by atoms with E-state index in [1.165, 1.54) is 44.9 Å². The first-order valence-corrected chi connectivity index (χ1v) is 9.84. The van der Waals surface area contributed by atoms with E-state index in [1.54, 1.807) is 0 Å². The van der Waals surface area contributed by atoms with E-state index in [1.807, 2.05) is 38.4 Å². The monoisotopic (exact) mass is 343 g/mol. The van der Waals surface area contributed by atoms with E-state index >= 15 is 0 Å². The van der Waals surface area contributed by atoms with Crippen LogP contribution in [0, 0.1) is 11.3 Å². The minimum atomic E-state index is -0.0614. The van der Waals surface area contributed by atoms with Gasteiger partial charge in [0.05, 0.1) is 0 Å². The number of amides is 2. The quantitative estimate of drug-likeness (QED) is 0.807. The van der Waals surface area contributed by atoms with Crippen molar-refractivity contribution in [1.29, 1.82) is 0 Å². The molecule has 4 nitrogen and oxygen atoms in total. The van der Waals surface area contributed by atoms with Gasteiger partial charge in [-0.3, -0.25) is 0 Å². The standard InChI is InChI=1S/C21H33N3O/c1-21(16-8-4-5-9-16)15-7-6-10-19(21)23-20(25)22-17-11-13-18(14-12-17)24(2)3/h11-14,16,19H,4-10,15H2,1-3H3,(H2,22,23,25). The van der Waals surface area contributed by atoms with E-state index in [2.05, 4.69) is 22.5 Å².